The van der Waals surface area contributed by atoms with Crippen molar-refractivity contribution >= 4 is 17.5 Å². The van der Waals surface area contributed by atoms with E-state index in [1.54, 1.807) is 4.90 Å². The van der Waals surface area contributed by atoms with E-state index in [-0.39, 0.29) is 24.3 Å². The third kappa shape index (κ3) is 3.60. The normalized spacial score (nSPS) is 18.5. The molecule has 0 aliphatic carbocycles. The van der Waals surface area contributed by atoms with Crippen LogP contribution in [0.25, 0.3) is 0 Å². The van der Waals surface area contributed by atoms with Gasteiger partial charge in [-0.05, 0) is 38.1 Å². The third-order valence-corrected chi connectivity index (χ3v) is 4.78. The van der Waals surface area contributed by atoms with Crippen molar-refractivity contribution < 1.29 is 19.1 Å². The van der Waals surface area contributed by atoms with Crippen LogP contribution < -0.4 is 19.7 Å². The number of hydrogen-bond donors (Lipinski definition) is 1. The number of nitrogens with one attached hydrogen (secondary N) is 1. The average Bonchev–Trinajstić information content (AvgIpc) is 3.00. The Balaban J connectivity index is 1.47. The van der Waals surface area contributed by atoms with Crippen molar-refractivity contribution in [3.05, 3.63) is 53.1 Å². The van der Waals surface area contributed by atoms with Crippen molar-refractivity contribution in [1.82, 2.24) is 5.32 Å². The number of hydrogen-bond acceptors (Lipinski definition) is 4. The highest BCUT2D eigenvalue weighted by Crippen LogP contribution is 2.35. The lowest BCUT2D eigenvalue weighted by atomic mass is 10.1. The van der Waals surface area contributed by atoms with E-state index in [2.05, 4.69) is 5.32 Å². The number of carbonyl (C=O) groups excluding carboxylic acids is 2. The molecule has 140 valence electrons. The molecule has 2 aliphatic heterocycles. The SMILES string of the molecule is Cc1cc(C)cc(C(=O)N[C@H]2CC(=O)N(c3ccc4c(c3)OCCO4)C2)c1. The van der Waals surface area contributed by atoms with Gasteiger partial charge in [-0.15, -0.1) is 0 Å². The van der Waals surface area contributed by atoms with Crippen molar-refractivity contribution in [3.63, 3.8) is 0 Å². The Kier molecular flexibility index (Phi) is 4.48. The van der Waals surface area contributed by atoms with Gasteiger partial charge in [-0.1, -0.05) is 17.2 Å². The predicted octanol–water partition coefficient (Wildman–Crippen LogP) is 2.61. The second kappa shape index (κ2) is 6.95. The summed E-state index contributed by atoms with van der Waals surface area (Å²) < 4.78 is 11.1. The number of amides is 2. The fourth-order valence-electron chi connectivity index (χ4n) is 3.63. The molecule has 1 atom stereocenters. The Morgan fingerprint density at radius 1 is 1.04 bits per heavy atom. The number of fused-ring (bicyclic) bond motifs is 1. The van der Waals surface area contributed by atoms with Crippen LogP contribution >= 0.6 is 0 Å². The van der Waals surface area contributed by atoms with Gasteiger partial charge in [0.15, 0.2) is 11.5 Å². The molecule has 27 heavy (non-hydrogen) atoms. The van der Waals surface area contributed by atoms with E-state index in [0.717, 1.165) is 16.8 Å². The first-order valence-electron chi connectivity index (χ1n) is 9.09. The number of nitrogens with zero attached hydrogens (tertiary/aromatic N) is 1. The predicted molar refractivity (Wildman–Crippen MR) is 102 cm³/mol. The summed E-state index contributed by atoms with van der Waals surface area (Å²) in [5.74, 6) is 1.17. The minimum absolute atomic E-state index is 0.0163. The fourth-order valence-corrected chi connectivity index (χ4v) is 3.63. The minimum atomic E-state index is -0.223. The molecule has 0 unspecified atom stereocenters. The first kappa shape index (κ1) is 17.4. The smallest absolute Gasteiger partial charge is 0.251 e. The molecule has 6 heteroatoms. The molecule has 0 aromatic heterocycles. The van der Waals surface area contributed by atoms with Crippen LogP contribution in [0.4, 0.5) is 5.69 Å². The monoisotopic (exact) mass is 366 g/mol. The molecule has 0 radical (unpaired) electrons. The highest BCUT2D eigenvalue weighted by atomic mass is 16.6. The van der Waals surface area contributed by atoms with Crippen molar-refractivity contribution in [2.75, 3.05) is 24.7 Å². The first-order valence-corrected chi connectivity index (χ1v) is 9.09. The maximum Gasteiger partial charge on any atom is 0.251 e. The maximum atomic E-state index is 12.6. The van der Waals surface area contributed by atoms with Gasteiger partial charge in [0.2, 0.25) is 5.91 Å². The quantitative estimate of drug-likeness (QED) is 0.907. The molecule has 1 N–H and O–H groups in total. The molecule has 2 aromatic carbocycles. The molecule has 2 aromatic rings. The van der Waals surface area contributed by atoms with Gasteiger partial charge in [0.25, 0.3) is 5.91 Å². The molecule has 0 bridgehead atoms. The van der Waals surface area contributed by atoms with Crippen LogP contribution in [0.3, 0.4) is 0 Å². The van der Waals surface area contributed by atoms with E-state index < -0.39 is 0 Å². The van der Waals surface area contributed by atoms with Gasteiger partial charge < -0.3 is 19.7 Å². The van der Waals surface area contributed by atoms with Crippen molar-refractivity contribution in [3.8, 4) is 11.5 Å². The van der Waals surface area contributed by atoms with Crippen LogP contribution in [0.1, 0.15) is 27.9 Å². The van der Waals surface area contributed by atoms with Gasteiger partial charge in [0, 0.05) is 30.3 Å². The Hall–Kier alpha value is -3.02. The molecule has 2 amide bonds. The highest BCUT2D eigenvalue weighted by molar-refractivity contribution is 5.99. The summed E-state index contributed by atoms with van der Waals surface area (Å²) in [6, 6.07) is 11.0. The van der Waals surface area contributed by atoms with E-state index >= 15 is 0 Å². The summed E-state index contributed by atoms with van der Waals surface area (Å²) in [6.07, 6.45) is 0.283. The molecule has 4 rings (SSSR count). The van der Waals surface area contributed by atoms with Crippen LogP contribution in [0.2, 0.25) is 0 Å². The molecule has 1 fully saturated rings. The Labute approximate surface area is 158 Å². The number of benzene rings is 2. The molecule has 0 saturated carbocycles. The summed E-state index contributed by atoms with van der Waals surface area (Å²) >= 11 is 0. The fraction of sp³-hybridized carbons (Fsp3) is 0.333. The standard InChI is InChI=1S/C21H22N2O4/c1-13-7-14(2)9-15(8-13)21(25)22-16-10-20(24)23(12-16)17-3-4-18-19(11-17)27-6-5-26-18/h3-4,7-9,11,16H,5-6,10,12H2,1-2H3,(H,22,25)/t16-/m0/s1. The van der Waals surface area contributed by atoms with Gasteiger partial charge in [-0.2, -0.15) is 0 Å². The number of aryl methyl sites for hydroxylation is 2. The molecular formula is C21H22N2O4. The van der Waals surface area contributed by atoms with Gasteiger partial charge in [0.1, 0.15) is 13.2 Å². The number of anilines is 1. The second-order valence-electron chi connectivity index (χ2n) is 7.08. The zero-order valence-electron chi connectivity index (χ0n) is 15.5. The van der Waals surface area contributed by atoms with Crippen LogP contribution in [0.5, 0.6) is 11.5 Å². The van der Waals surface area contributed by atoms with E-state index in [0.29, 0.717) is 36.8 Å². The zero-order valence-corrected chi connectivity index (χ0v) is 15.5. The zero-order chi connectivity index (χ0) is 19.0. The first-order chi connectivity index (χ1) is 13.0. The lowest BCUT2D eigenvalue weighted by Crippen LogP contribution is -2.37. The maximum absolute atomic E-state index is 12.6. The van der Waals surface area contributed by atoms with Crippen LogP contribution in [-0.4, -0.2) is 37.6 Å². The molecule has 6 nitrogen and oxygen atoms in total. The topological polar surface area (TPSA) is 67.9 Å². The van der Waals surface area contributed by atoms with Gasteiger partial charge in [-0.25, -0.2) is 0 Å². The summed E-state index contributed by atoms with van der Waals surface area (Å²) in [6.45, 7) is 5.40. The molecule has 1 saturated heterocycles. The van der Waals surface area contributed by atoms with Gasteiger partial charge >= 0.3 is 0 Å². The largest absolute Gasteiger partial charge is 0.486 e. The summed E-state index contributed by atoms with van der Waals surface area (Å²) in [5.41, 5.74) is 3.46. The number of ether oxygens (including phenoxy) is 2. The minimum Gasteiger partial charge on any atom is -0.486 e. The van der Waals surface area contributed by atoms with Crippen LogP contribution in [0, 0.1) is 13.8 Å². The van der Waals surface area contributed by atoms with E-state index in [1.807, 2.05) is 50.2 Å². The number of carbonyl (C=O) groups is 2. The summed E-state index contributed by atoms with van der Waals surface area (Å²) in [4.78, 5) is 26.7. The van der Waals surface area contributed by atoms with Gasteiger partial charge in [-0.3, -0.25) is 9.59 Å². The second-order valence-corrected chi connectivity index (χ2v) is 7.08. The van der Waals surface area contributed by atoms with Crippen LogP contribution in [-0.2, 0) is 4.79 Å². The Morgan fingerprint density at radius 3 is 2.48 bits per heavy atom. The lowest BCUT2D eigenvalue weighted by Gasteiger charge is -2.22. The number of rotatable bonds is 3. The van der Waals surface area contributed by atoms with Gasteiger partial charge in [0.05, 0.1) is 6.04 Å². The Bertz CT molecular complexity index is 889. The van der Waals surface area contributed by atoms with Crippen molar-refractivity contribution in [1.29, 1.82) is 0 Å². The van der Waals surface area contributed by atoms with E-state index in [4.69, 9.17) is 9.47 Å². The molecule has 0 spiro atoms. The molecule has 2 aliphatic rings. The third-order valence-electron chi connectivity index (χ3n) is 4.78. The lowest BCUT2D eigenvalue weighted by molar-refractivity contribution is -0.117. The van der Waals surface area contributed by atoms with Crippen molar-refractivity contribution in [2.45, 2.75) is 26.3 Å². The average molecular weight is 366 g/mol. The van der Waals surface area contributed by atoms with Crippen molar-refractivity contribution in [2.24, 2.45) is 0 Å². The molecule has 2 heterocycles. The Morgan fingerprint density at radius 2 is 1.74 bits per heavy atom. The van der Waals surface area contributed by atoms with Crippen LogP contribution in [0.15, 0.2) is 36.4 Å². The van der Waals surface area contributed by atoms with E-state index in [1.165, 1.54) is 0 Å². The van der Waals surface area contributed by atoms with E-state index in [9.17, 15) is 9.59 Å². The summed E-state index contributed by atoms with van der Waals surface area (Å²) in [7, 11) is 0. The highest BCUT2D eigenvalue weighted by Gasteiger charge is 2.32. The molecular weight excluding hydrogens is 344 g/mol. The summed E-state index contributed by atoms with van der Waals surface area (Å²) in [5, 5.41) is 2.98.